The smallest absolute Gasteiger partial charge is 0.215 e. The minimum atomic E-state index is -3.48. The Morgan fingerprint density at radius 2 is 1.86 bits per heavy atom. The molecule has 0 spiro atoms. The van der Waals surface area contributed by atoms with Crippen molar-refractivity contribution >= 4 is 54.3 Å². The van der Waals surface area contributed by atoms with Crippen molar-refractivity contribution in [2.45, 2.75) is 30.6 Å². The van der Waals surface area contributed by atoms with Crippen LogP contribution in [0.15, 0.2) is 26.9 Å². The number of benzene rings is 1. The van der Waals surface area contributed by atoms with Gasteiger partial charge in [-0.05, 0) is 56.1 Å². The SMILES string of the molecule is C[Si](C)(C)CCOCOc1ccc2c(c1)S(=O)(=O)C(Br)=C2Br. The Balaban J connectivity index is 1.99. The van der Waals surface area contributed by atoms with Crippen LogP contribution in [0.25, 0.3) is 4.48 Å². The predicted molar refractivity (Wildman–Crippen MR) is 98.0 cm³/mol. The van der Waals surface area contributed by atoms with Crippen LogP contribution in [0, 0.1) is 0 Å². The molecule has 1 aliphatic heterocycles. The van der Waals surface area contributed by atoms with E-state index in [4.69, 9.17) is 9.47 Å². The summed E-state index contributed by atoms with van der Waals surface area (Å²) in [7, 11) is -4.59. The molecule has 1 heterocycles. The van der Waals surface area contributed by atoms with Gasteiger partial charge in [0, 0.05) is 20.2 Å². The van der Waals surface area contributed by atoms with Crippen LogP contribution in [-0.4, -0.2) is 29.9 Å². The topological polar surface area (TPSA) is 52.6 Å². The molecule has 0 amide bonds. The maximum Gasteiger partial charge on any atom is 0.215 e. The molecule has 1 aliphatic rings. The highest BCUT2D eigenvalue weighted by Crippen LogP contribution is 2.46. The summed E-state index contributed by atoms with van der Waals surface area (Å²) < 4.78 is 36.1. The maximum absolute atomic E-state index is 12.2. The van der Waals surface area contributed by atoms with Crippen molar-refractivity contribution in [2.24, 2.45) is 0 Å². The molecular weight excluding hydrogens is 452 g/mol. The van der Waals surface area contributed by atoms with Crippen molar-refractivity contribution < 1.29 is 17.9 Å². The second kappa shape index (κ2) is 6.76. The fraction of sp³-hybridized carbons (Fsp3) is 0.429. The van der Waals surface area contributed by atoms with Gasteiger partial charge < -0.3 is 9.47 Å². The van der Waals surface area contributed by atoms with Crippen LogP contribution in [0.1, 0.15) is 5.56 Å². The van der Waals surface area contributed by atoms with E-state index < -0.39 is 17.9 Å². The number of ether oxygens (including phenoxy) is 2. The van der Waals surface area contributed by atoms with E-state index in [1.165, 1.54) is 6.07 Å². The number of fused-ring (bicyclic) bond motifs is 1. The van der Waals surface area contributed by atoms with Crippen LogP contribution in [-0.2, 0) is 14.6 Å². The Kier molecular flexibility index (Phi) is 5.59. The highest BCUT2D eigenvalue weighted by molar-refractivity contribution is 9.17. The molecule has 0 unspecified atom stereocenters. The Morgan fingerprint density at radius 3 is 2.50 bits per heavy atom. The van der Waals surface area contributed by atoms with E-state index in [1.54, 1.807) is 12.1 Å². The zero-order chi connectivity index (χ0) is 16.5. The molecule has 0 bridgehead atoms. The largest absolute Gasteiger partial charge is 0.468 e. The van der Waals surface area contributed by atoms with Gasteiger partial charge in [-0.25, -0.2) is 8.42 Å². The molecular formula is C14H18Br2O4SSi. The second-order valence-corrected chi connectivity index (χ2v) is 15.8. The Hall–Kier alpha value is -0.153. The summed E-state index contributed by atoms with van der Waals surface area (Å²) in [5.74, 6) is 0.484. The maximum atomic E-state index is 12.2. The van der Waals surface area contributed by atoms with Gasteiger partial charge in [-0.2, -0.15) is 0 Å². The van der Waals surface area contributed by atoms with E-state index >= 15 is 0 Å². The minimum absolute atomic E-state index is 0.124. The van der Waals surface area contributed by atoms with Crippen molar-refractivity contribution in [1.82, 2.24) is 0 Å². The van der Waals surface area contributed by atoms with Crippen molar-refractivity contribution in [2.75, 3.05) is 13.4 Å². The van der Waals surface area contributed by atoms with Crippen molar-refractivity contribution in [3.63, 3.8) is 0 Å². The van der Waals surface area contributed by atoms with E-state index in [0.29, 0.717) is 22.4 Å². The van der Waals surface area contributed by atoms with Gasteiger partial charge in [0.05, 0.1) is 9.38 Å². The fourth-order valence-electron chi connectivity index (χ4n) is 1.86. The van der Waals surface area contributed by atoms with Gasteiger partial charge in [-0.15, -0.1) is 0 Å². The number of hydrogen-bond acceptors (Lipinski definition) is 4. The van der Waals surface area contributed by atoms with E-state index in [-0.39, 0.29) is 15.5 Å². The lowest BCUT2D eigenvalue weighted by Gasteiger charge is -2.15. The van der Waals surface area contributed by atoms with E-state index in [1.807, 2.05) is 0 Å². The first-order valence-electron chi connectivity index (χ1n) is 6.78. The highest BCUT2D eigenvalue weighted by atomic mass is 79.9. The molecule has 2 rings (SSSR count). The zero-order valence-electron chi connectivity index (χ0n) is 12.7. The summed E-state index contributed by atoms with van der Waals surface area (Å²) in [5.41, 5.74) is 0.638. The average molecular weight is 470 g/mol. The van der Waals surface area contributed by atoms with Crippen LogP contribution in [0.5, 0.6) is 5.75 Å². The summed E-state index contributed by atoms with van der Waals surface area (Å²) in [4.78, 5) is 0.242. The summed E-state index contributed by atoms with van der Waals surface area (Å²) in [6.45, 7) is 7.64. The molecule has 0 N–H and O–H groups in total. The molecule has 4 nitrogen and oxygen atoms in total. The van der Waals surface area contributed by atoms with Gasteiger partial charge in [0.2, 0.25) is 9.84 Å². The number of halogens is 2. The third-order valence-electron chi connectivity index (χ3n) is 3.19. The number of sulfone groups is 1. The van der Waals surface area contributed by atoms with Crippen molar-refractivity contribution in [1.29, 1.82) is 0 Å². The van der Waals surface area contributed by atoms with Gasteiger partial charge in [0.15, 0.2) is 6.79 Å². The van der Waals surface area contributed by atoms with Crippen molar-refractivity contribution in [3.05, 3.63) is 27.6 Å². The molecule has 0 radical (unpaired) electrons. The van der Waals surface area contributed by atoms with Gasteiger partial charge in [0.1, 0.15) is 9.56 Å². The molecule has 0 fully saturated rings. The molecule has 0 aliphatic carbocycles. The zero-order valence-corrected chi connectivity index (χ0v) is 17.6. The van der Waals surface area contributed by atoms with Crippen LogP contribution < -0.4 is 4.74 Å². The van der Waals surface area contributed by atoms with Gasteiger partial charge in [-0.3, -0.25) is 0 Å². The summed E-state index contributed by atoms with van der Waals surface area (Å²) >= 11 is 6.39. The lowest BCUT2D eigenvalue weighted by atomic mass is 10.2. The van der Waals surface area contributed by atoms with E-state index in [0.717, 1.165) is 6.04 Å². The lowest BCUT2D eigenvalue weighted by Crippen LogP contribution is -2.22. The van der Waals surface area contributed by atoms with Crippen LogP contribution in [0.2, 0.25) is 25.7 Å². The normalized spacial score (nSPS) is 16.8. The van der Waals surface area contributed by atoms with E-state index in [9.17, 15) is 8.42 Å². The number of rotatable bonds is 6. The molecule has 0 aromatic heterocycles. The molecule has 122 valence electrons. The van der Waals surface area contributed by atoms with E-state index in [2.05, 4.69) is 51.5 Å². The summed E-state index contributed by atoms with van der Waals surface area (Å²) in [6.07, 6.45) is 0. The third-order valence-corrected chi connectivity index (χ3v) is 9.78. The fourth-order valence-corrected chi connectivity index (χ4v) is 5.74. The third kappa shape index (κ3) is 4.03. The minimum Gasteiger partial charge on any atom is -0.468 e. The first-order valence-corrected chi connectivity index (χ1v) is 13.6. The van der Waals surface area contributed by atoms with Crippen LogP contribution in [0.3, 0.4) is 0 Å². The molecule has 1 aromatic carbocycles. The average Bonchev–Trinajstić information content (AvgIpc) is 2.59. The summed E-state index contributed by atoms with van der Waals surface area (Å²) in [5, 5.41) is 0. The Labute approximate surface area is 149 Å². The molecule has 0 atom stereocenters. The van der Waals surface area contributed by atoms with Gasteiger partial charge >= 0.3 is 0 Å². The summed E-state index contributed by atoms with van der Waals surface area (Å²) in [6, 6.07) is 6.06. The first-order chi connectivity index (χ1) is 10.1. The lowest BCUT2D eigenvalue weighted by molar-refractivity contribution is 0.0219. The first kappa shape index (κ1) is 18.2. The second-order valence-electron chi connectivity index (χ2n) is 6.23. The molecule has 0 saturated carbocycles. The number of hydrogen-bond donors (Lipinski definition) is 0. The molecule has 1 aromatic rings. The van der Waals surface area contributed by atoms with Crippen LogP contribution >= 0.6 is 31.9 Å². The Bertz CT molecular complexity index is 708. The predicted octanol–water partition coefficient (Wildman–Crippen LogP) is 4.58. The van der Waals surface area contributed by atoms with Crippen molar-refractivity contribution in [3.8, 4) is 5.75 Å². The van der Waals surface area contributed by atoms with Crippen LogP contribution in [0.4, 0.5) is 0 Å². The monoisotopic (exact) mass is 468 g/mol. The molecule has 8 heteroatoms. The van der Waals surface area contributed by atoms with Gasteiger partial charge in [0.25, 0.3) is 0 Å². The standard InChI is InChI=1S/C14H18Br2O4SSi/c1-22(2,3)7-6-19-9-20-10-4-5-11-12(8-10)21(17,18)14(16)13(11)15/h4-5,8H,6-7,9H2,1-3H3. The quantitative estimate of drug-likeness (QED) is 0.347. The highest BCUT2D eigenvalue weighted by Gasteiger charge is 2.33. The molecule has 22 heavy (non-hydrogen) atoms. The Morgan fingerprint density at radius 1 is 1.18 bits per heavy atom. The molecule has 0 saturated heterocycles. The van der Waals surface area contributed by atoms with Gasteiger partial charge in [-0.1, -0.05) is 19.6 Å².